The SMILES string of the molecule is CCCCNC(=O)CC1C(=O)N=C2c3ccccc3N=C(SCC(=O)Nc3ccccc3C)N21. The van der Waals surface area contributed by atoms with E-state index in [1.54, 1.807) is 4.90 Å². The van der Waals surface area contributed by atoms with Gasteiger partial charge < -0.3 is 10.6 Å². The zero-order valence-electron chi connectivity index (χ0n) is 19.2. The Balaban J connectivity index is 1.52. The minimum Gasteiger partial charge on any atom is -0.356 e. The third-order valence-corrected chi connectivity index (χ3v) is 6.54. The molecule has 9 heteroatoms. The number of fused-ring (bicyclic) bond motifs is 3. The first-order chi connectivity index (χ1) is 16.5. The number of amidine groups is 2. The van der Waals surface area contributed by atoms with Crippen molar-refractivity contribution in [3.63, 3.8) is 0 Å². The van der Waals surface area contributed by atoms with Gasteiger partial charge in [0.1, 0.15) is 11.9 Å². The summed E-state index contributed by atoms with van der Waals surface area (Å²) in [7, 11) is 0. The number of rotatable bonds is 8. The summed E-state index contributed by atoms with van der Waals surface area (Å²) in [5.41, 5.74) is 3.14. The fourth-order valence-corrected chi connectivity index (χ4v) is 4.63. The van der Waals surface area contributed by atoms with E-state index in [2.05, 4.69) is 15.6 Å². The number of para-hydroxylation sites is 2. The van der Waals surface area contributed by atoms with Crippen LogP contribution in [0.3, 0.4) is 0 Å². The number of nitrogens with zero attached hydrogens (tertiary/aromatic N) is 3. The van der Waals surface area contributed by atoms with Crippen LogP contribution in [0.5, 0.6) is 0 Å². The van der Waals surface area contributed by atoms with E-state index in [0.29, 0.717) is 23.2 Å². The van der Waals surface area contributed by atoms with Crippen molar-refractivity contribution in [2.24, 2.45) is 9.98 Å². The molecular formula is C25H27N5O3S. The Morgan fingerprint density at radius 3 is 2.62 bits per heavy atom. The second kappa shape index (κ2) is 10.6. The van der Waals surface area contributed by atoms with E-state index in [9.17, 15) is 14.4 Å². The minimum atomic E-state index is -0.782. The molecule has 0 bridgehead atoms. The molecule has 176 valence electrons. The molecule has 0 saturated carbocycles. The highest BCUT2D eigenvalue weighted by Gasteiger charge is 2.42. The molecule has 0 radical (unpaired) electrons. The van der Waals surface area contributed by atoms with Gasteiger partial charge in [0, 0.05) is 17.8 Å². The molecule has 2 aromatic carbocycles. The predicted octanol–water partition coefficient (Wildman–Crippen LogP) is 3.63. The fraction of sp³-hybridized carbons (Fsp3) is 0.320. The lowest BCUT2D eigenvalue weighted by atomic mass is 10.1. The average molecular weight is 478 g/mol. The molecule has 4 rings (SSSR count). The average Bonchev–Trinajstić information content (AvgIpc) is 3.15. The van der Waals surface area contributed by atoms with E-state index in [-0.39, 0.29) is 29.9 Å². The molecule has 0 aliphatic carbocycles. The highest BCUT2D eigenvalue weighted by atomic mass is 32.2. The van der Waals surface area contributed by atoms with Gasteiger partial charge in [-0.25, -0.2) is 4.99 Å². The molecule has 1 atom stereocenters. The van der Waals surface area contributed by atoms with Crippen LogP contribution in [0.1, 0.15) is 37.3 Å². The number of aryl methyl sites for hydroxylation is 1. The summed E-state index contributed by atoms with van der Waals surface area (Å²) in [5.74, 6) is -0.191. The van der Waals surface area contributed by atoms with Crippen molar-refractivity contribution in [1.82, 2.24) is 10.2 Å². The second-order valence-electron chi connectivity index (χ2n) is 8.13. The maximum Gasteiger partial charge on any atom is 0.271 e. The second-order valence-corrected chi connectivity index (χ2v) is 9.07. The Labute approximate surface area is 202 Å². The molecule has 2 N–H and O–H groups in total. The van der Waals surface area contributed by atoms with E-state index >= 15 is 0 Å². The van der Waals surface area contributed by atoms with Crippen LogP contribution in [0.2, 0.25) is 0 Å². The van der Waals surface area contributed by atoms with Crippen molar-refractivity contribution in [3.8, 4) is 0 Å². The first-order valence-electron chi connectivity index (χ1n) is 11.3. The van der Waals surface area contributed by atoms with Gasteiger partial charge in [0.25, 0.3) is 5.91 Å². The van der Waals surface area contributed by atoms with E-state index in [0.717, 1.165) is 29.7 Å². The van der Waals surface area contributed by atoms with Gasteiger partial charge in [-0.15, -0.1) is 0 Å². The number of anilines is 1. The third-order valence-electron chi connectivity index (χ3n) is 5.59. The molecule has 3 amide bonds. The monoisotopic (exact) mass is 477 g/mol. The highest BCUT2D eigenvalue weighted by molar-refractivity contribution is 8.14. The number of carbonyl (C=O) groups is 3. The topological polar surface area (TPSA) is 103 Å². The highest BCUT2D eigenvalue weighted by Crippen LogP contribution is 2.34. The van der Waals surface area contributed by atoms with E-state index in [4.69, 9.17) is 4.99 Å². The van der Waals surface area contributed by atoms with Crippen molar-refractivity contribution in [2.45, 2.75) is 39.2 Å². The lowest BCUT2D eigenvalue weighted by Crippen LogP contribution is -2.46. The Kier molecular flexibility index (Phi) is 7.42. The summed E-state index contributed by atoms with van der Waals surface area (Å²) >= 11 is 1.22. The number of hydrogen-bond acceptors (Lipinski definition) is 6. The van der Waals surface area contributed by atoms with Crippen LogP contribution in [0.25, 0.3) is 0 Å². The number of amides is 3. The molecule has 2 heterocycles. The molecule has 2 aliphatic heterocycles. The summed E-state index contributed by atoms with van der Waals surface area (Å²) in [4.78, 5) is 48.7. The fourth-order valence-electron chi connectivity index (χ4n) is 3.78. The third kappa shape index (κ3) is 5.20. The van der Waals surface area contributed by atoms with Crippen LogP contribution < -0.4 is 10.6 Å². The smallest absolute Gasteiger partial charge is 0.271 e. The van der Waals surface area contributed by atoms with Gasteiger partial charge in [-0.05, 0) is 37.1 Å². The Morgan fingerprint density at radius 1 is 1.06 bits per heavy atom. The van der Waals surface area contributed by atoms with Crippen LogP contribution in [0.4, 0.5) is 11.4 Å². The number of aliphatic imine (C=N–C) groups is 2. The molecule has 34 heavy (non-hydrogen) atoms. The van der Waals surface area contributed by atoms with Crippen LogP contribution in [-0.2, 0) is 14.4 Å². The van der Waals surface area contributed by atoms with E-state index < -0.39 is 6.04 Å². The Hall–Kier alpha value is -3.46. The molecular weight excluding hydrogens is 450 g/mol. The molecule has 0 spiro atoms. The zero-order valence-corrected chi connectivity index (χ0v) is 20.0. The molecule has 2 aliphatic rings. The van der Waals surface area contributed by atoms with Gasteiger partial charge in [-0.1, -0.05) is 55.4 Å². The number of carbonyl (C=O) groups excluding carboxylic acids is 3. The standard InChI is InChI=1S/C25H27N5O3S/c1-3-4-13-26-21(31)14-20-24(33)29-23-17-10-6-8-12-19(17)28-25(30(20)23)34-15-22(32)27-18-11-7-5-9-16(18)2/h5-12,20H,3-4,13-15H2,1-2H3,(H,26,31)(H,27,32). The maximum absolute atomic E-state index is 12.8. The lowest BCUT2D eigenvalue weighted by Gasteiger charge is -2.30. The predicted molar refractivity (Wildman–Crippen MR) is 136 cm³/mol. The van der Waals surface area contributed by atoms with Gasteiger partial charge in [-0.2, -0.15) is 4.99 Å². The van der Waals surface area contributed by atoms with E-state index in [1.165, 1.54) is 11.8 Å². The van der Waals surface area contributed by atoms with Crippen molar-refractivity contribution >= 4 is 51.9 Å². The van der Waals surface area contributed by atoms with Crippen LogP contribution >= 0.6 is 11.8 Å². The normalized spacial score (nSPS) is 16.4. The van der Waals surface area contributed by atoms with Crippen molar-refractivity contribution in [1.29, 1.82) is 0 Å². The lowest BCUT2D eigenvalue weighted by molar-refractivity contribution is -0.126. The van der Waals surface area contributed by atoms with Gasteiger partial charge in [-0.3, -0.25) is 19.3 Å². The Morgan fingerprint density at radius 2 is 1.82 bits per heavy atom. The number of nitrogens with one attached hydrogen (secondary N) is 2. The summed E-state index contributed by atoms with van der Waals surface area (Å²) in [6.45, 7) is 4.55. The summed E-state index contributed by atoms with van der Waals surface area (Å²) in [6.07, 6.45) is 1.82. The quantitative estimate of drug-likeness (QED) is 0.565. The molecule has 0 saturated heterocycles. The first-order valence-corrected chi connectivity index (χ1v) is 12.3. The van der Waals surface area contributed by atoms with Crippen molar-refractivity contribution in [2.75, 3.05) is 17.6 Å². The van der Waals surface area contributed by atoms with Gasteiger partial charge >= 0.3 is 0 Å². The van der Waals surface area contributed by atoms with Gasteiger partial charge in [0.05, 0.1) is 17.9 Å². The number of benzene rings is 2. The first kappa shape index (κ1) is 23.7. The van der Waals surface area contributed by atoms with Crippen LogP contribution in [-0.4, -0.2) is 52.0 Å². The molecule has 0 fully saturated rings. The van der Waals surface area contributed by atoms with Crippen molar-refractivity contribution < 1.29 is 14.4 Å². The minimum absolute atomic E-state index is 0.0211. The zero-order chi connectivity index (χ0) is 24.1. The largest absolute Gasteiger partial charge is 0.356 e. The van der Waals surface area contributed by atoms with Gasteiger partial charge in [0.15, 0.2) is 5.17 Å². The maximum atomic E-state index is 12.8. The molecule has 8 nitrogen and oxygen atoms in total. The Bertz CT molecular complexity index is 1180. The van der Waals surface area contributed by atoms with Crippen LogP contribution in [0, 0.1) is 6.92 Å². The number of unbranched alkanes of at least 4 members (excludes halogenated alkanes) is 1. The van der Waals surface area contributed by atoms with Crippen molar-refractivity contribution in [3.05, 3.63) is 59.7 Å². The van der Waals surface area contributed by atoms with Gasteiger partial charge in [0.2, 0.25) is 11.8 Å². The molecule has 2 aromatic rings. The van der Waals surface area contributed by atoms with E-state index in [1.807, 2.05) is 62.4 Å². The number of hydrogen-bond donors (Lipinski definition) is 2. The van der Waals surface area contributed by atoms with Crippen LogP contribution in [0.15, 0.2) is 58.5 Å². The summed E-state index contributed by atoms with van der Waals surface area (Å²) in [5, 5.41) is 6.26. The summed E-state index contributed by atoms with van der Waals surface area (Å²) in [6, 6.07) is 14.2. The summed E-state index contributed by atoms with van der Waals surface area (Å²) < 4.78 is 0. The molecule has 1 unspecified atom stereocenters. The molecule has 0 aromatic heterocycles. The number of thioether (sulfide) groups is 1.